The summed E-state index contributed by atoms with van der Waals surface area (Å²) in [4.78, 5) is 13.4. The van der Waals surface area contributed by atoms with Crippen molar-refractivity contribution in [2.45, 2.75) is 25.8 Å². The predicted octanol–water partition coefficient (Wildman–Crippen LogP) is 3.83. The van der Waals surface area contributed by atoms with Crippen LogP contribution in [0.2, 0.25) is 0 Å². The van der Waals surface area contributed by atoms with Crippen LogP contribution in [0, 0.1) is 0 Å². The molecular weight excluding hydrogens is 292 g/mol. The van der Waals surface area contributed by atoms with Crippen molar-refractivity contribution >= 4 is 22.0 Å². The van der Waals surface area contributed by atoms with E-state index in [0.717, 1.165) is 22.9 Å². The quantitative estimate of drug-likeness (QED) is 0.904. The maximum absolute atomic E-state index is 11.8. The molecule has 1 aliphatic rings. The Bertz CT molecular complexity index is 467. The van der Waals surface area contributed by atoms with E-state index in [1.165, 1.54) is 5.57 Å². The minimum absolute atomic E-state index is 0.00162. The van der Waals surface area contributed by atoms with Crippen LogP contribution in [-0.2, 0) is 0 Å². The van der Waals surface area contributed by atoms with E-state index >= 15 is 0 Å². The molecule has 0 saturated heterocycles. The third kappa shape index (κ3) is 2.75. The maximum Gasteiger partial charge on any atom is 0.321 e. The first kappa shape index (κ1) is 13.1. The van der Waals surface area contributed by atoms with Crippen molar-refractivity contribution in [2.75, 3.05) is 7.05 Å². The van der Waals surface area contributed by atoms with E-state index in [9.17, 15) is 4.79 Å². The molecule has 0 spiro atoms. The average molecular weight is 309 g/mol. The van der Waals surface area contributed by atoms with Crippen molar-refractivity contribution in [3.63, 3.8) is 0 Å². The van der Waals surface area contributed by atoms with Crippen molar-refractivity contribution in [1.29, 1.82) is 0 Å². The lowest BCUT2D eigenvalue weighted by atomic mass is 9.95. The minimum Gasteiger partial charge on any atom is -0.327 e. The third-order valence-electron chi connectivity index (χ3n) is 3.06. The van der Waals surface area contributed by atoms with E-state index in [2.05, 4.69) is 28.2 Å². The third-order valence-corrected chi connectivity index (χ3v) is 3.59. The molecular formula is C14H17BrN2O. The molecule has 1 aliphatic heterocycles. The lowest BCUT2D eigenvalue weighted by molar-refractivity contribution is 0.215. The summed E-state index contributed by atoms with van der Waals surface area (Å²) in [5.74, 6) is 0. The van der Waals surface area contributed by atoms with Crippen LogP contribution in [0.5, 0.6) is 0 Å². The molecule has 0 fully saturated rings. The highest BCUT2D eigenvalue weighted by Crippen LogP contribution is 2.29. The number of rotatable bonds is 3. The Kier molecular flexibility index (Phi) is 4.07. The largest absolute Gasteiger partial charge is 0.327 e. The number of hydrogen-bond acceptors (Lipinski definition) is 1. The highest BCUT2D eigenvalue weighted by molar-refractivity contribution is 9.10. The first-order valence-electron chi connectivity index (χ1n) is 6.11. The van der Waals surface area contributed by atoms with Gasteiger partial charge >= 0.3 is 6.03 Å². The normalized spacial score (nSPS) is 19.5. The SMILES string of the molecule is CCCC1=CN(C)C(=O)NC1c1ccc(Br)cc1. The topological polar surface area (TPSA) is 32.3 Å². The smallest absolute Gasteiger partial charge is 0.321 e. The van der Waals surface area contributed by atoms with Crippen LogP contribution in [0.3, 0.4) is 0 Å². The molecule has 1 atom stereocenters. The molecule has 1 heterocycles. The first-order valence-corrected chi connectivity index (χ1v) is 6.90. The zero-order chi connectivity index (χ0) is 13.1. The zero-order valence-corrected chi connectivity index (χ0v) is 12.2. The summed E-state index contributed by atoms with van der Waals surface area (Å²) >= 11 is 3.43. The Morgan fingerprint density at radius 2 is 2.00 bits per heavy atom. The fourth-order valence-electron chi connectivity index (χ4n) is 2.15. The lowest BCUT2D eigenvalue weighted by Crippen LogP contribution is -2.41. The Morgan fingerprint density at radius 3 is 2.61 bits per heavy atom. The predicted molar refractivity (Wildman–Crippen MR) is 76.2 cm³/mol. The zero-order valence-electron chi connectivity index (χ0n) is 10.6. The number of hydrogen-bond donors (Lipinski definition) is 1. The van der Waals surface area contributed by atoms with Crippen LogP contribution in [0.25, 0.3) is 0 Å². The van der Waals surface area contributed by atoms with Gasteiger partial charge in [-0.1, -0.05) is 41.4 Å². The van der Waals surface area contributed by atoms with Gasteiger partial charge in [0, 0.05) is 17.7 Å². The number of urea groups is 1. The summed E-state index contributed by atoms with van der Waals surface area (Å²) in [7, 11) is 1.78. The van der Waals surface area contributed by atoms with Crippen LogP contribution in [0.4, 0.5) is 4.79 Å². The van der Waals surface area contributed by atoms with Gasteiger partial charge in [-0.2, -0.15) is 0 Å². The van der Waals surface area contributed by atoms with Crippen molar-refractivity contribution < 1.29 is 4.79 Å². The summed E-state index contributed by atoms with van der Waals surface area (Å²) in [6.45, 7) is 2.15. The van der Waals surface area contributed by atoms with Crippen molar-refractivity contribution in [3.8, 4) is 0 Å². The van der Waals surface area contributed by atoms with Crippen molar-refractivity contribution in [3.05, 3.63) is 46.1 Å². The Balaban J connectivity index is 2.32. The summed E-state index contributed by atoms with van der Waals surface area (Å²) in [6, 6.07) is 8.05. The van der Waals surface area contributed by atoms with Gasteiger partial charge in [0.1, 0.15) is 0 Å². The van der Waals surface area contributed by atoms with E-state index in [4.69, 9.17) is 0 Å². The summed E-state index contributed by atoms with van der Waals surface area (Å²) in [5, 5.41) is 3.04. The molecule has 0 bridgehead atoms. The molecule has 1 unspecified atom stereocenters. The summed E-state index contributed by atoms with van der Waals surface area (Å²) in [6.07, 6.45) is 4.02. The van der Waals surface area contributed by atoms with Crippen LogP contribution in [-0.4, -0.2) is 18.0 Å². The molecule has 18 heavy (non-hydrogen) atoms. The minimum atomic E-state index is -0.0530. The molecule has 2 amide bonds. The number of carbonyl (C=O) groups excluding carboxylic acids is 1. The van der Waals surface area contributed by atoms with Gasteiger partial charge < -0.3 is 10.2 Å². The second-order valence-electron chi connectivity index (χ2n) is 4.50. The molecule has 4 heteroatoms. The van der Waals surface area contributed by atoms with Gasteiger partial charge in [-0.05, 0) is 29.7 Å². The molecule has 0 aromatic heterocycles. The second kappa shape index (κ2) is 5.57. The van der Waals surface area contributed by atoms with Gasteiger partial charge in [0.2, 0.25) is 0 Å². The van der Waals surface area contributed by atoms with Gasteiger partial charge in [-0.15, -0.1) is 0 Å². The Morgan fingerprint density at radius 1 is 1.33 bits per heavy atom. The number of carbonyl (C=O) groups is 1. The van der Waals surface area contributed by atoms with E-state index in [-0.39, 0.29) is 12.1 Å². The number of amides is 2. The van der Waals surface area contributed by atoms with Gasteiger partial charge in [0.05, 0.1) is 6.04 Å². The van der Waals surface area contributed by atoms with Crippen LogP contribution in [0.15, 0.2) is 40.5 Å². The number of nitrogens with zero attached hydrogens (tertiary/aromatic N) is 1. The lowest BCUT2D eigenvalue weighted by Gasteiger charge is -2.30. The first-order chi connectivity index (χ1) is 8.61. The standard InChI is InChI=1S/C14H17BrN2O/c1-3-4-11-9-17(2)14(18)16-13(11)10-5-7-12(15)8-6-10/h5-9,13H,3-4H2,1-2H3,(H,16,18). The van der Waals surface area contributed by atoms with E-state index in [1.54, 1.807) is 11.9 Å². The average Bonchev–Trinajstić information content (AvgIpc) is 2.35. The Labute approximate surface area is 116 Å². The summed E-state index contributed by atoms with van der Waals surface area (Å²) in [5.41, 5.74) is 2.38. The van der Waals surface area contributed by atoms with Crippen LogP contribution >= 0.6 is 15.9 Å². The summed E-state index contributed by atoms with van der Waals surface area (Å²) < 4.78 is 1.05. The molecule has 2 rings (SSSR count). The van der Waals surface area contributed by atoms with Gasteiger partial charge in [0.25, 0.3) is 0 Å². The van der Waals surface area contributed by atoms with Crippen LogP contribution in [0.1, 0.15) is 31.4 Å². The number of benzene rings is 1. The molecule has 96 valence electrons. The molecule has 0 aliphatic carbocycles. The van der Waals surface area contributed by atoms with Crippen molar-refractivity contribution in [1.82, 2.24) is 10.2 Å². The fraction of sp³-hybridized carbons (Fsp3) is 0.357. The fourth-order valence-corrected chi connectivity index (χ4v) is 2.41. The van der Waals surface area contributed by atoms with Gasteiger partial charge in [-0.3, -0.25) is 0 Å². The monoisotopic (exact) mass is 308 g/mol. The molecule has 1 N–H and O–H groups in total. The second-order valence-corrected chi connectivity index (χ2v) is 5.41. The Hall–Kier alpha value is -1.29. The molecule has 0 radical (unpaired) electrons. The van der Waals surface area contributed by atoms with Crippen LogP contribution < -0.4 is 5.32 Å². The molecule has 0 saturated carbocycles. The molecule has 1 aromatic carbocycles. The van der Waals surface area contributed by atoms with Gasteiger partial charge in [-0.25, -0.2) is 4.79 Å². The molecule has 3 nitrogen and oxygen atoms in total. The van der Waals surface area contributed by atoms with Gasteiger partial charge in [0.15, 0.2) is 0 Å². The maximum atomic E-state index is 11.8. The van der Waals surface area contributed by atoms with E-state index < -0.39 is 0 Å². The molecule has 1 aromatic rings. The van der Waals surface area contributed by atoms with Crippen molar-refractivity contribution in [2.24, 2.45) is 0 Å². The van der Waals surface area contributed by atoms with E-state index in [1.807, 2.05) is 30.5 Å². The highest BCUT2D eigenvalue weighted by Gasteiger charge is 2.25. The number of halogens is 1. The number of nitrogens with one attached hydrogen (secondary N) is 1. The van der Waals surface area contributed by atoms with E-state index in [0.29, 0.717) is 0 Å². The highest BCUT2D eigenvalue weighted by atomic mass is 79.9.